The average Bonchev–Trinajstić information content (AvgIpc) is 3.56. The standard InChI is InChI=1S/C47H34N2/c1-47(2)41-14-8-6-12-37(41)39-29-46-35(28-42(39)47)17-16-34-26-32(33-20-24-44-40(27-33)38-13-7-9-15-43(38)48-44)21-25-45(34)49(46)36-22-18-31(19-23-36)30-10-4-3-5-11-30/h3-29,48H,1-2H3. The summed E-state index contributed by atoms with van der Waals surface area (Å²) < 4.78 is 0. The topological polar surface area (TPSA) is 19.0 Å². The summed E-state index contributed by atoms with van der Waals surface area (Å²) in [6.07, 6.45) is 4.63. The summed E-state index contributed by atoms with van der Waals surface area (Å²) in [5.74, 6) is 0. The van der Waals surface area contributed by atoms with E-state index in [1.165, 1.54) is 83.3 Å². The Balaban J connectivity index is 1.15. The molecule has 1 aliphatic heterocycles. The van der Waals surface area contributed by atoms with Crippen LogP contribution in [0.3, 0.4) is 0 Å². The molecule has 0 bridgehead atoms. The lowest BCUT2D eigenvalue weighted by atomic mass is 9.82. The van der Waals surface area contributed by atoms with Gasteiger partial charge in [-0.05, 0) is 110 Å². The zero-order chi connectivity index (χ0) is 32.7. The molecule has 1 aliphatic carbocycles. The molecule has 0 unspecified atom stereocenters. The number of fused-ring (bicyclic) bond motifs is 8. The maximum absolute atomic E-state index is 3.58. The summed E-state index contributed by atoms with van der Waals surface area (Å²) in [6, 6.07) is 55.7. The Labute approximate surface area is 286 Å². The molecule has 0 fully saturated rings. The molecule has 7 aromatic carbocycles. The van der Waals surface area contributed by atoms with Gasteiger partial charge in [0.05, 0.1) is 11.4 Å². The number of nitrogens with one attached hydrogen (secondary N) is 1. The van der Waals surface area contributed by atoms with Gasteiger partial charge in [-0.15, -0.1) is 0 Å². The van der Waals surface area contributed by atoms with Crippen molar-refractivity contribution >= 4 is 51.0 Å². The molecule has 0 amide bonds. The van der Waals surface area contributed by atoms with Crippen LogP contribution in [0, 0.1) is 0 Å². The van der Waals surface area contributed by atoms with Crippen LogP contribution in [0.15, 0.2) is 152 Å². The highest BCUT2D eigenvalue weighted by atomic mass is 15.1. The molecule has 2 nitrogen and oxygen atoms in total. The quantitative estimate of drug-likeness (QED) is 0.207. The Kier molecular flexibility index (Phi) is 5.95. The number of aromatic amines is 1. The third-order valence-corrected chi connectivity index (χ3v) is 10.8. The van der Waals surface area contributed by atoms with Crippen LogP contribution in [0.25, 0.3) is 67.3 Å². The van der Waals surface area contributed by atoms with Crippen molar-refractivity contribution in [2.75, 3.05) is 4.90 Å². The molecule has 2 aliphatic rings. The number of benzene rings is 7. The van der Waals surface area contributed by atoms with Crippen molar-refractivity contribution in [2.45, 2.75) is 19.3 Å². The van der Waals surface area contributed by atoms with Crippen LogP contribution in [-0.2, 0) is 5.41 Å². The molecular weight excluding hydrogens is 593 g/mol. The Morgan fingerprint density at radius 3 is 1.96 bits per heavy atom. The van der Waals surface area contributed by atoms with Gasteiger partial charge in [-0.1, -0.05) is 123 Å². The first-order valence-corrected chi connectivity index (χ1v) is 17.1. The second-order valence-corrected chi connectivity index (χ2v) is 13.9. The highest BCUT2D eigenvalue weighted by molar-refractivity contribution is 6.08. The number of rotatable bonds is 3. The molecule has 1 N–H and O–H groups in total. The number of hydrogen-bond donors (Lipinski definition) is 1. The molecular formula is C47H34N2. The monoisotopic (exact) mass is 626 g/mol. The van der Waals surface area contributed by atoms with Crippen LogP contribution < -0.4 is 4.90 Å². The van der Waals surface area contributed by atoms with Crippen molar-refractivity contribution in [1.82, 2.24) is 4.98 Å². The summed E-state index contributed by atoms with van der Waals surface area (Å²) in [6.45, 7) is 4.71. The first-order valence-electron chi connectivity index (χ1n) is 17.1. The van der Waals surface area contributed by atoms with Gasteiger partial charge in [-0.3, -0.25) is 0 Å². The predicted molar refractivity (Wildman–Crippen MR) is 208 cm³/mol. The number of para-hydroxylation sites is 1. The second-order valence-electron chi connectivity index (χ2n) is 13.9. The minimum atomic E-state index is -0.0652. The Morgan fingerprint density at radius 2 is 1.10 bits per heavy atom. The minimum absolute atomic E-state index is 0.0652. The summed E-state index contributed by atoms with van der Waals surface area (Å²) in [4.78, 5) is 6.03. The molecule has 1 aromatic heterocycles. The fourth-order valence-electron chi connectivity index (χ4n) is 8.20. The van der Waals surface area contributed by atoms with Crippen molar-refractivity contribution in [2.24, 2.45) is 0 Å². The van der Waals surface area contributed by atoms with Gasteiger partial charge in [-0.25, -0.2) is 0 Å². The molecule has 0 saturated carbocycles. The molecule has 2 heterocycles. The summed E-state index contributed by atoms with van der Waals surface area (Å²) >= 11 is 0. The van der Waals surface area contributed by atoms with E-state index in [2.05, 4.69) is 188 Å². The number of nitrogens with zero attached hydrogens (tertiary/aromatic N) is 1. The van der Waals surface area contributed by atoms with Crippen molar-refractivity contribution < 1.29 is 0 Å². The van der Waals surface area contributed by atoms with Crippen molar-refractivity contribution in [3.63, 3.8) is 0 Å². The van der Waals surface area contributed by atoms with E-state index in [0.29, 0.717) is 0 Å². The smallest absolute Gasteiger partial charge is 0.0540 e. The van der Waals surface area contributed by atoms with Gasteiger partial charge >= 0.3 is 0 Å². The number of aromatic nitrogens is 1. The van der Waals surface area contributed by atoms with E-state index in [9.17, 15) is 0 Å². The maximum atomic E-state index is 3.58. The summed E-state index contributed by atoms with van der Waals surface area (Å²) in [5, 5.41) is 2.51. The SMILES string of the molecule is CC1(C)c2ccccc2-c2cc3c(cc21)C=Cc1cc(-c2ccc4[nH]c5ccccc5c4c2)ccc1N3c1ccc(-c2ccccc2)cc1. The Bertz CT molecular complexity index is 2620. The van der Waals surface area contributed by atoms with Crippen LogP contribution >= 0.6 is 0 Å². The summed E-state index contributed by atoms with van der Waals surface area (Å²) in [5.41, 5.74) is 18.5. The Hall–Kier alpha value is -6.12. The third-order valence-electron chi connectivity index (χ3n) is 10.8. The number of hydrogen-bond acceptors (Lipinski definition) is 1. The van der Waals surface area contributed by atoms with E-state index in [1.807, 2.05) is 0 Å². The number of H-pyrrole nitrogens is 1. The molecule has 49 heavy (non-hydrogen) atoms. The van der Waals surface area contributed by atoms with E-state index >= 15 is 0 Å². The molecule has 0 spiro atoms. The molecule has 0 saturated heterocycles. The molecule has 2 heteroatoms. The lowest BCUT2D eigenvalue weighted by molar-refractivity contribution is 0.660. The van der Waals surface area contributed by atoms with E-state index in [0.717, 1.165) is 11.2 Å². The summed E-state index contributed by atoms with van der Waals surface area (Å²) in [7, 11) is 0. The van der Waals surface area contributed by atoms with Crippen LogP contribution in [0.1, 0.15) is 36.1 Å². The molecule has 232 valence electrons. The van der Waals surface area contributed by atoms with Crippen LogP contribution in [-0.4, -0.2) is 4.98 Å². The van der Waals surface area contributed by atoms with E-state index in [4.69, 9.17) is 0 Å². The first kappa shape index (κ1) is 27.9. The van der Waals surface area contributed by atoms with Crippen molar-refractivity contribution in [3.05, 3.63) is 174 Å². The van der Waals surface area contributed by atoms with Crippen molar-refractivity contribution in [1.29, 1.82) is 0 Å². The lowest BCUT2D eigenvalue weighted by Crippen LogP contribution is -2.16. The van der Waals surface area contributed by atoms with Crippen molar-refractivity contribution in [3.8, 4) is 33.4 Å². The fraction of sp³-hybridized carbons (Fsp3) is 0.0638. The third kappa shape index (κ3) is 4.27. The maximum Gasteiger partial charge on any atom is 0.0540 e. The van der Waals surface area contributed by atoms with E-state index in [1.54, 1.807) is 0 Å². The minimum Gasteiger partial charge on any atom is -0.355 e. The van der Waals surface area contributed by atoms with E-state index < -0.39 is 0 Å². The zero-order valence-corrected chi connectivity index (χ0v) is 27.5. The number of anilines is 3. The molecule has 0 radical (unpaired) electrons. The largest absolute Gasteiger partial charge is 0.355 e. The van der Waals surface area contributed by atoms with Crippen LogP contribution in [0.4, 0.5) is 17.1 Å². The van der Waals surface area contributed by atoms with Crippen LogP contribution in [0.5, 0.6) is 0 Å². The zero-order valence-electron chi connectivity index (χ0n) is 27.5. The van der Waals surface area contributed by atoms with Crippen LogP contribution in [0.2, 0.25) is 0 Å². The van der Waals surface area contributed by atoms with Gasteiger partial charge in [0.25, 0.3) is 0 Å². The second kappa shape index (κ2) is 10.4. The molecule has 0 atom stereocenters. The van der Waals surface area contributed by atoms with Gasteiger partial charge in [0.1, 0.15) is 0 Å². The first-order chi connectivity index (χ1) is 24.0. The van der Waals surface area contributed by atoms with Gasteiger partial charge < -0.3 is 9.88 Å². The fourth-order valence-corrected chi connectivity index (χ4v) is 8.20. The highest BCUT2D eigenvalue weighted by Gasteiger charge is 2.36. The van der Waals surface area contributed by atoms with Gasteiger partial charge in [0.2, 0.25) is 0 Å². The normalized spacial score (nSPS) is 14.0. The average molecular weight is 627 g/mol. The highest BCUT2D eigenvalue weighted by Crippen LogP contribution is 2.53. The van der Waals surface area contributed by atoms with Gasteiger partial charge in [-0.2, -0.15) is 0 Å². The Morgan fingerprint density at radius 1 is 0.449 bits per heavy atom. The van der Waals surface area contributed by atoms with E-state index in [-0.39, 0.29) is 5.41 Å². The van der Waals surface area contributed by atoms with Gasteiger partial charge in [0.15, 0.2) is 0 Å². The molecule has 10 rings (SSSR count). The lowest BCUT2D eigenvalue weighted by Gasteiger charge is -2.29. The predicted octanol–water partition coefficient (Wildman–Crippen LogP) is 12.9. The molecule has 8 aromatic rings. The van der Waals surface area contributed by atoms with Gasteiger partial charge in [0, 0.05) is 32.9 Å².